The first-order valence-corrected chi connectivity index (χ1v) is 9.56. The molecular weight excluding hydrogens is 345 g/mol. The third-order valence-corrected chi connectivity index (χ3v) is 5.01. The molecule has 1 aromatic carbocycles. The van der Waals surface area contributed by atoms with Crippen molar-refractivity contribution in [3.05, 3.63) is 35.1 Å². The highest BCUT2D eigenvalue weighted by Crippen LogP contribution is 2.57. The van der Waals surface area contributed by atoms with Crippen LogP contribution in [0.4, 0.5) is 5.69 Å². The number of rotatable bonds is 9. The van der Waals surface area contributed by atoms with E-state index >= 15 is 0 Å². The predicted molar refractivity (Wildman–Crippen MR) is 96.2 cm³/mol. The Labute approximate surface area is 147 Å². The monoisotopic (exact) mass is 369 g/mol. The quantitative estimate of drug-likeness (QED) is 0.404. The maximum absolute atomic E-state index is 13.0. The highest BCUT2D eigenvalue weighted by molar-refractivity contribution is 7.60. The standard InChI is InChI=1S/C17H24NO6P/c1-5-22-17(20)16(25(21,23-6-2)24-7-3)12-14-8-10-15(11-9-14)18-13(4)19/h8-12H,5-7H2,1-4H3,(H,18,19). The van der Waals surface area contributed by atoms with E-state index in [1.165, 1.54) is 13.0 Å². The van der Waals surface area contributed by atoms with Gasteiger partial charge in [0.25, 0.3) is 0 Å². The normalized spacial score (nSPS) is 11.9. The zero-order chi connectivity index (χ0) is 18.9. The van der Waals surface area contributed by atoms with E-state index < -0.39 is 13.6 Å². The molecule has 0 bridgehead atoms. The number of hydrogen-bond acceptors (Lipinski definition) is 6. The number of anilines is 1. The van der Waals surface area contributed by atoms with Crippen LogP contribution in [0, 0.1) is 0 Å². The van der Waals surface area contributed by atoms with Gasteiger partial charge in [0.15, 0.2) is 0 Å². The molecule has 1 N–H and O–H groups in total. The molecule has 8 heteroatoms. The summed E-state index contributed by atoms with van der Waals surface area (Å²) in [5.41, 5.74) is 1.21. The van der Waals surface area contributed by atoms with Crippen molar-refractivity contribution in [3.63, 3.8) is 0 Å². The minimum absolute atomic E-state index is 0.121. The van der Waals surface area contributed by atoms with Crippen molar-refractivity contribution in [3.8, 4) is 0 Å². The lowest BCUT2D eigenvalue weighted by Crippen LogP contribution is -2.11. The van der Waals surface area contributed by atoms with Gasteiger partial charge in [-0.3, -0.25) is 9.36 Å². The Morgan fingerprint density at radius 2 is 1.60 bits per heavy atom. The molecule has 0 saturated heterocycles. The maximum atomic E-state index is 13.0. The van der Waals surface area contributed by atoms with Crippen LogP contribution in [0.3, 0.4) is 0 Å². The van der Waals surface area contributed by atoms with Crippen LogP contribution in [0.2, 0.25) is 0 Å². The molecule has 25 heavy (non-hydrogen) atoms. The van der Waals surface area contributed by atoms with Gasteiger partial charge in [-0.05, 0) is 44.5 Å². The molecule has 0 saturated carbocycles. The first-order valence-electron chi connectivity index (χ1n) is 8.02. The number of carbonyl (C=O) groups excluding carboxylic acids is 2. The van der Waals surface area contributed by atoms with E-state index in [4.69, 9.17) is 13.8 Å². The van der Waals surface area contributed by atoms with E-state index in [1.807, 2.05) is 0 Å². The van der Waals surface area contributed by atoms with Crippen molar-refractivity contribution in [1.82, 2.24) is 0 Å². The van der Waals surface area contributed by atoms with Crippen molar-refractivity contribution in [2.24, 2.45) is 0 Å². The van der Waals surface area contributed by atoms with Gasteiger partial charge in [0.1, 0.15) is 5.31 Å². The molecular formula is C17H24NO6P. The largest absolute Gasteiger partial charge is 0.462 e. The lowest BCUT2D eigenvalue weighted by atomic mass is 10.2. The van der Waals surface area contributed by atoms with E-state index in [0.29, 0.717) is 11.3 Å². The fraction of sp³-hybridized carbons (Fsp3) is 0.412. The predicted octanol–water partition coefficient (Wildman–Crippen LogP) is 3.82. The van der Waals surface area contributed by atoms with Gasteiger partial charge >= 0.3 is 13.6 Å². The summed E-state index contributed by atoms with van der Waals surface area (Å²) in [4.78, 5) is 23.3. The third-order valence-electron chi connectivity index (χ3n) is 2.91. The Balaban J connectivity index is 3.26. The summed E-state index contributed by atoms with van der Waals surface area (Å²) < 4.78 is 28.5. The minimum atomic E-state index is -3.80. The Hall–Kier alpha value is -1.95. The number of hydrogen-bond donors (Lipinski definition) is 1. The first kappa shape index (κ1) is 21.1. The zero-order valence-corrected chi connectivity index (χ0v) is 15.8. The molecule has 138 valence electrons. The summed E-state index contributed by atoms with van der Waals surface area (Å²) in [6.07, 6.45) is 1.42. The molecule has 1 aromatic rings. The Morgan fingerprint density at radius 3 is 2.04 bits per heavy atom. The fourth-order valence-electron chi connectivity index (χ4n) is 1.99. The van der Waals surface area contributed by atoms with E-state index in [-0.39, 0.29) is 31.0 Å². The lowest BCUT2D eigenvalue weighted by Gasteiger charge is -2.19. The van der Waals surface area contributed by atoms with Crippen LogP contribution in [-0.2, 0) is 27.9 Å². The fourth-order valence-corrected chi connectivity index (χ4v) is 3.62. The second-order valence-corrected chi connectivity index (χ2v) is 6.88. The number of nitrogens with one attached hydrogen (secondary N) is 1. The van der Waals surface area contributed by atoms with Gasteiger partial charge in [0, 0.05) is 12.6 Å². The second-order valence-electron chi connectivity index (χ2n) is 4.89. The Morgan fingerprint density at radius 1 is 1.04 bits per heavy atom. The summed E-state index contributed by atoms with van der Waals surface area (Å²) in [7, 11) is -3.80. The topological polar surface area (TPSA) is 90.9 Å². The average Bonchev–Trinajstić information content (AvgIpc) is 2.54. The molecule has 0 aromatic heterocycles. The second kappa shape index (κ2) is 10.1. The number of amides is 1. The van der Waals surface area contributed by atoms with E-state index in [0.717, 1.165) is 0 Å². The van der Waals surface area contributed by atoms with Gasteiger partial charge in [-0.2, -0.15) is 0 Å². The van der Waals surface area contributed by atoms with Gasteiger partial charge in [-0.15, -0.1) is 0 Å². The Kier molecular flexibility index (Phi) is 8.55. The van der Waals surface area contributed by atoms with Gasteiger partial charge in [0.05, 0.1) is 19.8 Å². The molecule has 7 nitrogen and oxygen atoms in total. The van der Waals surface area contributed by atoms with Crippen molar-refractivity contribution in [1.29, 1.82) is 0 Å². The lowest BCUT2D eigenvalue weighted by molar-refractivity contribution is -0.137. The van der Waals surface area contributed by atoms with E-state index in [1.54, 1.807) is 45.0 Å². The maximum Gasteiger partial charge on any atom is 0.368 e. The summed E-state index contributed by atoms with van der Waals surface area (Å²) in [6, 6.07) is 6.68. The summed E-state index contributed by atoms with van der Waals surface area (Å²) in [5.74, 6) is -0.939. The van der Waals surface area contributed by atoms with E-state index in [9.17, 15) is 14.2 Å². The van der Waals surface area contributed by atoms with Crippen molar-refractivity contribution in [2.45, 2.75) is 27.7 Å². The van der Waals surface area contributed by atoms with Crippen LogP contribution in [0.1, 0.15) is 33.3 Å². The molecule has 0 aliphatic heterocycles. The highest BCUT2D eigenvalue weighted by atomic mass is 31.2. The molecule has 0 fully saturated rings. The molecule has 0 radical (unpaired) electrons. The molecule has 0 atom stereocenters. The molecule has 0 heterocycles. The molecule has 1 rings (SSSR count). The number of carbonyl (C=O) groups is 2. The highest BCUT2D eigenvalue weighted by Gasteiger charge is 2.36. The molecule has 1 amide bonds. The first-order chi connectivity index (χ1) is 11.9. The number of ether oxygens (including phenoxy) is 1. The molecule has 0 aliphatic carbocycles. The summed E-state index contributed by atoms with van der Waals surface area (Å²) >= 11 is 0. The van der Waals surface area contributed by atoms with Gasteiger partial charge in [0.2, 0.25) is 5.91 Å². The summed E-state index contributed by atoms with van der Waals surface area (Å²) in [6.45, 7) is 6.77. The van der Waals surface area contributed by atoms with Crippen LogP contribution >= 0.6 is 7.60 Å². The van der Waals surface area contributed by atoms with Crippen molar-refractivity contribution < 1.29 is 27.9 Å². The minimum Gasteiger partial charge on any atom is -0.462 e. The van der Waals surface area contributed by atoms with Crippen LogP contribution in [0.5, 0.6) is 0 Å². The Bertz CT molecular complexity index is 658. The molecule has 0 aliphatic rings. The van der Waals surface area contributed by atoms with Crippen LogP contribution in [0.15, 0.2) is 29.6 Å². The zero-order valence-electron chi connectivity index (χ0n) is 14.9. The van der Waals surface area contributed by atoms with Gasteiger partial charge in [-0.1, -0.05) is 12.1 Å². The van der Waals surface area contributed by atoms with Crippen LogP contribution < -0.4 is 5.32 Å². The van der Waals surface area contributed by atoms with Crippen LogP contribution in [0.25, 0.3) is 6.08 Å². The van der Waals surface area contributed by atoms with Crippen molar-refractivity contribution in [2.75, 3.05) is 25.1 Å². The van der Waals surface area contributed by atoms with Crippen molar-refractivity contribution >= 4 is 31.2 Å². The number of benzene rings is 1. The smallest absolute Gasteiger partial charge is 0.368 e. The van der Waals surface area contributed by atoms with Crippen LogP contribution in [-0.4, -0.2) is 31.7 Å². The third kappa shape index (κ3) is 6.46. The molecule has 0 unspecified atom stereocenters. The van der Waals surface area contributed by atoms with Gasteiger partial charge < -0.3 is 19.1 Å². The molecule has 0 spiro atoms. The van der Waals surface area contributed by atoms with Gasteiger partial charge in [-0.25, -0.2) is 4.79 Å². The summed E-state index contributed by atoms with van der Waals surface area (Å²) in [5, 5.41) is 2.48. The average molecular weight is 369 g/mol. The number of esters is 1. The SMILES string of the molecule is CCOC(=O)C(=Cc1ccc(NC(C)=O)cc1)P(=O)(OCC)OCC. The van der Waals surface area contributed by atoms with E-state index in [2.05, 4.69) is 5.32 Å².